The molecule has 0 spiro atoms. The van der Waals surface area contributed by atoms with E-state index in [1.54, 1.807) is 0 Å². The lowest BCUT2D eigenvalue weighted by atomic mass is 10.0. The number of carbonyl (C=O) groups excluding carboxylic acids is 1. The molecule has 0 aliphatic carbocycles. The van der Waals surface area contributed by atoms with Crippen LogP contribution in [0.4, 0.5) is 16.3 Å². The quantitative estimate of drug-likeness (QED) is 0.343. The molecule has 1 amide bonds. The van der Waals surface area contributed by atoms with E-state index in [9.17, 15) is 10.1 Å². The van der Waals surface area contributed by atoms with E-state index in [1.807, 2.05) is 30.3 Å². The maximum atomic E-state index is 11.3. The number of aliphatic hydroxyl groups excluding tert-OH is 1. The SMILES string of the molecule is N#Cc1c(NCCCO)nc2sc(OC(N)=O)c(N)c2c1-c1cc2ccccc2o1. The molecule has 1 aromatic carbocycles. The molecule has 0 bridgehead atoms. The molecule has 0 saturated heterocycles. The summed E-state index contributed by atoms with van der Waals surface area (Å²) in [6.07, 6.45) is -0.520. The molecule has 3 aromatic heterocycles. The summed E-state index contributed by atoms with van der Waals surface area (Å²) >= 11 is 1.04. The van der Waals surface area contributed by atoms with Gasteiger partial charge in [0.2, 0.25) is 5.06 Å². The van der Waals surface area contributed by atoms with Crippen LogP contribution in [-0.4, -0.2) is 29.3 Å². The molecule has 30 heavy (non-hydrogen) atoms. The van der Waals surface area contributed by atoms with Crippen molar-refractivity contribution < 1.29 is 19.1 Å². The van der Waals surface area contributed by atoms with E-state index < -0.39 is 6.09 Å². The van der Waals surface area contributed by atoms with Crippen LogP contribution in [0.1, 0.15) is 12.0 Å². The molecule has 10 heteroatoms. The molecule has 6 N–H and O–H groups in total. The van der Waals surface area contributed by atoms with Crippen molar-refractivity contribution in [2.75, 3.05) is 24.2 Å². The highest BCUT2D eigenvalue weighted by Crippen LogP contribution is 2.47. The fourth-order valence-electron chi connectivity index (χ4n) is 3.17. The van der Waals surface area contributed by atoms with Gasteiger partial charge in [-0.15, -0.1) is 0 Å². The first-order valence-corrected chi connectivity index (χ1v) is 9.82. The topological polar surface area (TPSA) is 160 Å². The number of carbonyl (C=O) groups is 1. The van der Waals surface area contributed by atoms with Crippen LogP contribution in [-0.2, 0) is 0 Å². The first-order valence-electron chi connectivity index (χ1n) is 9.00. The fourth-order valence-corrected chi connectivity index (χ4v) is 4.14. The lowest BCUT2D eigenvalue weighted by molar-refractivity contribution is 0.212. The summed E-state index contributed by atoms with van der Waals surface area (Å²) in [6, 6.07) is 11.4. The average Bonchev–Trinajstić information content (AvgIpc) is 3.28. The van der Waals surface area contributed by atoms with Crippen LogP contribution in [0.2, 0.25) is 0 Å². The second-order valence-electron chi connectivity index (χ2n) is 6.38. The summed E-state index contributed by atoms with van der Waals surface area (Å²) in [5, 5.41) is 23.5. The van der Waals surface area contributed by atoms with Crippen molar-refractivity contribution in [1.82, 2.24) is 4.98 Å². The van der Waals surface area contributed by atoms with Gasteiger partial charge in [-0.25, -0.2) is 9.78 Å². The molecular formula is C20H17N5O4S. The van der Waals surface area contributed by atoms with Crippen molar-refractivity contribution in [1.29, 1.82) is 5.26 Å². The number of pyridine rings is 1. The van der Waals surface area contributed by atoms with Gasteiger partial charge in [0.25, 0.3) is 0 Å². The summed E-state index contributed by atoms with van der Waals surface area (Å²) in [5.41, 5.74) is 12.9. The highest BCUT2D eigenvalue weighted by atomic mass is 32.1. The molecule has 9 nitrogen and oxygen atoms in total. The fraction of sp³-hybridized carbons (Fsp3) is 0.150. The molecule has 0 unspecified atom stereocenters. The number of furan rings is 1. The van der Waals surface area contributed by atoms with Crippen LogP contribution in [0.15, 0.2) is 34.7 Å². The minimum atomic E-state index is -1.000. The number of ether oxygens (including phenoxy) is 1. The molecule has 0 atom stereocenters. The monoisotopic (exact) mass is 423 g/mol. The normalized spacial score (nSPS) is 10.9. The molecule has 3 heterocycles. The third kappa shape index (κ3) is 3.36. The first-order chi connectivity index (χ1) is 14.5. The maximum absolute atomic E-state index is 11.3. The van der Waals surface area contributed by atoms with Crippen molar-refractivity contribution in [3.63, 3.8) is 0 Å². The number of thiophene rings is 1. The number of primary amides is 1. The highest BCUT2D eigenvalue weighted by Gasteiger charge is 2.25. The summed E-state index contributed by atoms with van der Waals surface area (Å²) in [5.74, 6) is 0.751. The molecule has 4 aromatic rings. The van der Waals surface area contributed by atoms with Crippen LogP contribution in [0.5, 0.6) is 5.06 Å². The van der Waals surface area contributed by atoms with E-state index in [1.165, 1.54) is 0 Å². The van der Waals surface area contributed by atoms with Gasteiger partial charge in [-0.3, -0.25) is 0 Å². The van der Waals surface area contributed by atoms with Gasteiger partial charge in [0.15, 0.2) is 0 Å². The summed E-state index contributed by atoms with van der Waals surface area (Å²) in [6.45, 7) is 0.408. The second kappa shape index (κ2) is 7.90. The van der Waals surface area contributed by atoms with Crippen molar-refractivity contribution in [2.24, 2.45) is 5.73 Å². The molecule has 0 saturated carbocycles. The van der Waals surface area contributed by atoms with Crippen molar-refractivity contribution in [2.45, 2.75) is 6.42 Å². The predicted molar refractivity (Wildman–Crippen MR) is 114 cm³/mol. The van der Waals surface area contributed by atoms with Crippen molar-refractivity contribution in [3.8, 4) is 22.5 Å². The number of nitrogen functional groups attached to an aromatic ring is 1. The van der Waals surface area contributed by atoms with E-state index in [-0.39, 0.29) is 22.9 Å². The number of rotatable bonds is 6. The number of para-hydroxylation sites is 1. The van der Waals surface area contributed by atoms with Gasteiger partial charge in [-0.1, -0.05) is 29.5 Å². The van der Waals surface area contributed by atoms with E-state index >= 15 is 0 Å². The molecule has 0 fully saturated rings. The zero-order valence-electron chi connectivity index (χ0n) is 15.6. The lowest BCUT2D eigenvalue weighted by Crippen LogP contribution is -2.16. The Labute approximate surface area is 174 Å². The van der Waals surface area contributed by atoms with E-state index in [0.717, 1.165) is 16.7 Å². The smallest absolute Gasteiger partial charge is 0.410 e. The number of fused-ring (bicyclic) bond motifs is 2. The first kappa shape index (κ1) is 19.5. The van der Waals surface area contributed by atoms with Crippen molar-refractivity contribution >= 4 is 50.1 Å². The number of nitriles is 1. The minimum Gasteiger partial charge on any atom is -0.456 e. The lowest BCUT2D eigenvalue weighted by Gasteiger charge is -2.11. The van der Waals surface area contributed by atoms with Gasteiger partial charge in [0.1, 0.15) is 33.6 Å². The molecule has 152 valence electrons. The standard InChI is InChI=1S/C20H17N5O4S/c21-9-11-14(13-8-10-4-1-2-5-12(10)28-13)15-16(22)19(29-20(23)27)30-18(15)25-17(11)24-6-3-7-26/h1-2,4-5,8,26H,3,6-7,22H2,(H2,23,27)(H,24,25). The number of hydrogen-bond acceptors (Lipinski definition) is 9. The van der Waals surface area contributed by atoms with Crippen LogP contribution in [0, 0.1) is 11.3 Å². The Morgan fingerprint density at radius 1 is 1.40 bits per heavy atom. The van der Waals surface area contributed by atoms with Crippen molar-refractivity contribution in [3.05, 3.63) is 35.9 Å². The summed E-state index contributed by atoms with van der Waals surface area (Å²) in [4.78, 5) is 16.2. The Hall–Kier alpha value is -3.81. The molecule has 0 aliphatic rings. The Balaban J connectivity index is 2.01. The predicted octanol–water partition coefficient (Wildman–Crippen LogP) is 3.42. The Kier molecular flexibility index (Phi) is 5.14. The highest BCUT2D eigenvalue weighted by molar-refractivity contribution is 7.21. The number of nitrogens with one attached hydrogen (secondary N) is 1. The van der Waals surface area contributed by atoms with Gasteiger partial charge in [-0.2, -0.15) is 5.26 Å². The Bertz CT molecular complexity index is 1270. The number of benzene rings is 1. The van der Waals surface area contributed by atoms with Gasteiger partial charge in [-0.05, 0) is 18.6 Å². The zero-order chi connectivity index (χ0) is 21.3. The van der Waals surface area contributed by atoms with E-state index in [2.05, 4.69) is 16.4 Å². The number of anilines is 2. The number of nitrogens with zero attached hydrogens (tertiary/aromatic N) is 2. The van der Waals surface area contributed by atoms with Gasteiger partial charge < -0.3 is 31.0 Å². The third-order valence-corrected chi connectivity index (χ3v) is 5.42. The van der Waals surface area contributed by atoms with Crippen LogP contribution in [0.25, 0.3) is 32.5 Å². The van der Waals surface area contributed by atoms with Crippen LogP contribution >= 0.6 is 11.3 Å². The van der Waals surface area contributed by atoms with Crippen LogP contribution in [0.3, 0.4) is 0 Å². The van der Waals surface area contributed by atoms with E-state index in [0.29, 0.717) is 45.9 Å². The third-order valence-electron chi connectivity index (χ3n) is 4.45. The maximum Gasteiger partial charge on any atom is 0.410 e. The largest absolute Gasteiger partial charge is 0.456 e. The number of nitrogens with two attached hydrogens (primary N) is 2. The summed E-state index contributed by atoms with van der Waals surface area (Å²) < 4.78 is 11.0. The number of hydrogen-bond donors (Lipinski definition) is 4. The molecule has 0 radical (unpaired) electrons. The molecule has 4 rings (SSSR count). The minimum absolute atomic E-state index is 0.00386. The zero-order valence-corrected chi connectivity index (χ0v) is 16.5. The number of amides is 1. The van der Waals surface area contributed by atoms with Crippen LogP contribution < -0.4 is 21.5 Å². The second-order valence-corrected chi connectivity index (χ2v) is 7.34. The van der Waals surface area contributed by atoms with Gasteiger partial charge >= 0.3 is 6.09 Å². The number of aliphatic hydroxyl groups is 1. The molecule has 0 aliphatic heterocycles. The van der Waals surface area contributed by atoms with Gasteiger partial charge in [0.05, 0.1) is 16.6 Å². The summed E-state index contributed by atoms with van der Waals surface area (Å²) in [7, 11) is 0. The Morgan fingerprint density at radius 3 is 2.90 bits per heavy atom. The van der Waals surface area contributed by atoms with E-state index in [4.69, 9.17) is 25.7 Å². The number of aromatic nitrogens is 1. The average molecular weight is 423 g/mol. The van der Waals surface area contributed by atoms with Gasteiger partial charge in [0, 0.05) is 18.5 Å². The Morgan fingerprint density at radius 2 is 2.20 bits per heavy atom. The molecular weight excluding hydrogens is 406 g/mol.